The van der Waals surface area contributed by atoms with Gasteiger partial charge in [-0.3, -0.25) is 4.79 Å². The zero-order valence-corrected chi connectivity index (χ0v) is 17.2. The van der Waals surface area contributed by atoms with E-state index in [2.05, 4.69) is 36.3 Å². The van der Waals surface area contributed by atoms with Gasteiger partial charge < -0.3 is 5.32 Å². The lowest BCUT2D eigenvalue weighted by Gasteiger charge is -2.03. The second-order valence-electron chi connectivity index (χ2n) is 6.35. The van der Waals surface area contributed by atoms with Crippen LogP contribution in [0.25, 0.3) is 10.2 Å². The first-order chi connectivity index (χ1) is 12.5. The number of benzene rings is 2. The van der Waals surface area contributed by atoms with E-state index in [1.165, 1.54) is 21.8 Å². The van der Waals surface area contributed by atoms with E-state index in [1.807, 2.05) is 30.3 Å². The third-order valence-corrected chi connectivity index (χ3v) is 6.24. The zero-order valence-electron chi connectivity index (χ0n) is 14.8. The van der Waals surface area contributed by atoms with Crippen molar-refractivity contribution in [2.45, 2.75) is 37.5 Å². The van der Waals surface area contributed by atoms with Gasteiger partial charge in [-0.25, -0.2) is 4.98 Å². The second-order valence-corrected chi connectivity index (χ2v) is 8.99. The van der Waals surface area contributed by atoms with E-state index in [1.54, 1.807) is 11.8 Å². The molecule has 0 saturated carbocycles. The Balaban J connectivity index is 1.48. The predicted octanol–water partition coefficient (Wildman–Crippen LogP) is 6.58. The number of halogens is 1. The molecule has 1 aromatic heterocycles. The highest BCUT2D eigenvalue weighted by Crippen LogP contribution is 2.29. The third-order valence-electron chi connectivity index (χ3n) is 3.96. The number of nitrogens with zero attached hydrogens (tertiary/aromatic N) is 1. The van der Waals surface area contributed by atoms with Crippen molar-refractivity contribution in [2.24, 2.45) is 0 Å². The van der Waals surface area contributed by atoms with Crippen molar-refractivity contribution < 1.29 is 4.79 Å². The van der Waals surface area contributed by atoms with Crippen LogP contribution in [0.1, 0.15) is 38.2 Å². The largest absolute Gasteiger partial charge is 0.302 e. The molecular formula is C20H21ClN2OS2. The van der Waals surface area contributed by atoms with Gasteiger partial charge in [-0.05, 0) is 60.1 Å². The summed E-state index contributed by atoms with van der Waals surface area (Å²) < 4.78 is 1.12. The smallest absolute Gasteiger partial charge is 0.226 e. The minimum absolute atomic E-state index is 0.0184. The van der Waals surface area contributed by atoms with Gasteiger partial charge in [0.05, 0.1) is 10.2 Å². The van der Waals surface area contributed by atoms with E-state index in [-0.39, 0.29) is 5.91 Å². The van der Waals surface area contributed by atoms with E-state index in [4.69, 9.17) is 11.6 Å². The molecule has 136 valence electrons. The molecule has 0 unspecified atom stereocenters. The van der Waals surface area contributed by atoms with Crippen LogP contribution >= 0.6 is 34.7 Å². The Morgan fingerprint density at radius 1 is 1.23 bits per heavy atom. The molecule has 6 heteroatoms. The summed E-state index contributed by atoms with van der Waals surface area (Å²) in [5, 5.41) is 4.35. The maximum absolute atomic E-state index is 12.1. The minimum Gasteiger partial charge on any atom is -0.302 e. The van der Waals surface area contributed by atoms with Gasteiger partial charge in [-0.15, -0.1) is 11.8 Å². The van der Waals surface area contributed by atoms with Crippen LogP contribution in [0.3, 0.4) is 0 Å². The summed E-state index contributed by atoms with van der Waals surface area (Å²) in [7, 11) is 0. The number of thioether (sulfide) groups is 1. The average molecular weight is 405 g/mol. The number of fused-ring (bicyclic) bond motifs is 1. The number of thiazole rings is 1. The molecule has 1 N–H and O–H groups in total. The summed E-state index contributed by atoms with van der Waals surface area (Å²) in [5.74, 6) is 1.40. The molecule has 3 rings (SSSR count). The molecule has 0 fully saturated rings. The van der Waals surface area contributed by atoms with E-state index in [0.29, 0.717) is 17.5 Å². The van der Waals surface area contributed by atoms with Gasteiger partial charge >= 0.3 is 0 Å². The van der Waals surface area contributed by atoms with Crippen LogP contribution in [0.4, 0.5) is 5.13 Å². The monoisotopic (exact) mass is 404 g/mol. The van der Waals surface area contributed by atoms with Gasteiger partial charge in [-0.2, -0.15) is 0 Å². The highest BCUT2D eigenvalue weighted by atomic mass is 35.5. The Morgan fingerprint density at radius 2 is 2.00 bits per heavy atom. The van der Waals surface area contributed by atoms with Crippen molar-refractivity contribution in [3.63, 3.8) is 0 Å². The van der Waals surface area contributed by atoms with Crippen LogP contribution in [0.5, 0.6) is 0 Å². The number of hydrogen-bond donors (Lipinski definition) is 1. The summed E-state index contributed by atoms with van der Waals surface area (Å²) in [6.07, 6.45) is 1.31. The summed E-state index contributed by atoms with van der Waals surface area (Å²) in [6.45, 7) is 4.35. The summed E-state index contributed by atoms with van der Waals surface area (Å²) in [5.41, 5.74) is 2.23. The number of carbonyl (C=O) groups excluding carboxylic acids is 1. The lowest BCUT2D eigenvalue weighted by atomic mass is 10.0. The first-order valence-electron chi connectivity index (χ1n) is 8.60. The topological polar surface area (TPSA) is 42.0 Å². The van der Waals surface area contributed by atoms with Gasteiger partial charge in [0.25, 0.3) is 0 Å². The SMILES string of the molecule is CC(C)c1ccc2nc(NC(=O)CCCSc3ccc(Cl)cc3)sc2c1. The molecule has 0 aliphatic rings. The molecule has 1 amide bonds. The highest BCUT2D eigenvalue weighted by molar-refractivity contribution is 7.99. The van der Waals surface area contributed by atoms with E-state index >= 15 is 0 Å². The summed E-state index contributed by atoms with van der Waals surface area (Å²) >= 11 is 9.15. The summed E-state index contributed by atoms with van der Waals surface area (Å²) in [4.78, 5) is 17.8. The van der Waals surface area contributed by atoms with E-state index in [9.17, 15) is 4.79 Å². The van der Waals surface area contributed by atoms with Gasteiger partial charge in [0.2, 0.25) is 5.91 Å². The lowest BCUT2D eigenvalue weighted by molar-refractivity contribution is -0.116. The molecule has 0 aliphatic carbocycles. The quantitative estimate of drug-likeness (QED) is 0.357. The number of aromatic nitrogens is 1. The van der Waals surface area contributed by atoms with Crippen LogP contribution in [0.15, 0.2) is 47.4 Å². The lowest BCUT2D eigenvalue weighted by Crippen LogP contribution is -2.11. The molecule has 0 spiro atoms. The summed E-state index contributed by atoms with van der Waals surface area (Å²) in [6, 6.07) is 14.1. The first-order valence-corrected chi connectivity index (χ1v) is 10.8. The molecule has 0 atom stereocenters. The molecule has 0 aliphatic heterocycles. The molecule has 2 aromatic carbocycles. The predicted molar refractivity (Wildman–Crippen MR) is 114 cm³/mol. The molecule has 0 radical (unpaired) electrons. The number of hydrogen-bond acceptors (Lipinski definition) is 4. The molecule has 1 heterocycles. The average Bonchev–Trinajstić information content (AvgIpc) is 3.01. The fraction of sp³-hybridized carbons (Fsp3) is 0.300. The van der Waals surface area contributed by atoms with Crippen molar-refractivity contribution in [1.82, 2.24) is 4.98 Å². The Labute approximate surface area is 167 Å². The standard InChI is InChI=1S/C20H21ClN2OS2/c1-13(2)14-5-10-17-18(12-14)26-20(22-17)23-19(24)4-3-11-25-16-8-6-15(21)7-9-16/h5-10,12-13H,3-4,11H2,1-2H3,(H,22,23,24). The molecule has 0 saturated heterocycles. The van der Waals surface area contributed by atoms with Crippen molar-refractivity contribution >= 4 is 56.0 Å². The zero-order chi connectivity index (χ0) is 18.5. The molecular weight excluding hydrogens is 384 g/mol. The Bertz CT molecular complexity index is 890. The molecule has 3 nitrogen and oxygen atoms in total. The van der Waals surface area contributed by atoms with Gasteiger partial charge in [0.15, 0.2) is 5.13 Å². The van der Waals surface area contributed by atoms with Gasteiger partial charge in [-0.1, -0.05) is 42.9 Å². The highest BCUT2D eigenvalue weighted by Gasteiger charge is 2.09. The van der Waals surface area contributed by atoms with Crippen LogP contribution in [0, 0.1) is 0 Å². The number of nitrogens with one attached hydrogen (secondary N) is 1. The maximum Gasteiger partial charge on any atom is 0.226 e. The maximum atomic E-state index is 12.1. The Hall–Kier alpha value is -1.56. The van der Waals surface area contributed by atoms with Crippen molar-refractivity contribution in [3.05, 3.63) is 53.1 Å². The number of amides is 1. The van der Waals surface area contributed by atoms with Gasteiger partial charge in [0, 0.05) is 16.3 Å². The van der Waals surface area contributed by atoms with Crippen molar-refractivity contribution in [1.29, 1.82) is 0 Å². The fourth-order valence-corrected chi connectivity index (χ4v) is 4.40. The number of anilines is 1. The molecule has 0 bridgehead atoms. The van der Waals surface area contributed by atoms with Gasteiger partial charge in [0.1, 0.15) is 0 Å². The first kappa shape index (κ1) is 19.2. The van der Waals surface area contributed by atoms with Crippen LogP contribution < -0.4 is 5.32 Å². The van der Waals surface area contributed by atoms with Crippen LogP contribution in [-0.2, 0) is 4.79 Å². The van der Waals surface area contributed by atoms with E-state index < -0.39 is 0 Å². The number of carbonyl (C=O) groups is 1. The van der Waals surface area contributed by atoms with E-state index in [0.717, 1.165) is 27.4 Å². The normalized spacial score (nSPS) is 11.2. The minimum atomic E-state index is 0.0184. The number of rotatable bonds is 7. The van der Waals surface area contributed by atoms with Crippen molar-refractivity contribution in [3.8, 4) is 0 Å². The third kappa shape index (κ3) is 5.22. The van der Waals surface area contributed by atoms with Crippen molar-refractivity contribution in [2.75, 3.05) is 11.1 Å². The van der Waals surface area contributed by atoms with Crippen LogP contribution in [0.2, 0.25) is 5.02 Å². The second kappa shape index (κ2) is 8.89. The fourth-order valence-electron chi connectivity index (χ4n) is 2.49. The Morgan fingerprint density at radius 3 is 2.73 bits per heavy atom. The Kier molecular flexibility index (Phi) is 6.57. The molecule has 3 aromatic rings. The van der Waals surface area contributed by atoms with Crippen LogP contribution in [-0.4, -0.2) is 16.6 Å². The molecule has 26 heavy (non-hydrogen) atoms.